The Bertz CT molecular complexity index is 422. The predicted molar refractivity (Wildman–Crippen MR) is 59.5 cm³/mol. The number of epoxide rings is 1. The van der Waals surface area contributed by atoms with Crippen molar-refractivity contribution in [3.8, 4) is 5.75 Å². The lowest BCUT2D eigenvalue weighted by molar-refractivity contribution is -0.122. The van der Waals surface area contributed by atoms with E-state index in [1.165, 1.54) is 0 Å². The van der Waals surface area contributed by atoms with E-state index in [9.17, 15) is 13.6 Å². The van der Waals surface area contributed by atoms with Crippen LogP contribution in [-0.2, 0) is 16.1 Å². The van der Waals surface area contributed by atoms with Crippen molar-refractivity contribution in [2.75, 3.05) is 13.2 Å². The van der Waals surface area contributed by atoms with E-state index in [0.29, 0.717) is 18.9 Å². The lowest BCUT2D eigenvalue weighted by Crippen LogP contribution is -2.27. The molecule has 0 bridgehead atoms. The third-order valence-corrected chi connectivity index (χ3v) is 2.37. The topological polar surface area (TPSA) is 50.9 Å². The molecule has 0 spiro atoms. The number of hydrogen-bond acceptors (Lipinski definition) is 3. The lowest BCUT2D eigenvalue weighted by Gasteiger charge is -2.08. The molecule has 1 fully saturated rings. The number of hydrogen-bond donors (Lipinski definition) is 1. The smallest absolute Gasteiger partial charge is 0.272 e. The van der Waals surface area contributed by atoms with E-state index in [0.717, 1.165) is 5.56 Å². The average Bonchev–Trinajstić information content (AvgIpc) is 3.18. The second kappa shape index (κ2) is 5.77. The van der Waals surface area contributed by atoms with Gasteiger partial charge in [0.1, 0.15) is 12.4 Å². The summed E-state index contributed by atoms with van der Waals surface area (Å²) in [7, 11) is 0. The molecule has 4 nitrogen and oxygen atoms in total. The maximum Gasteiger partial charge on any atom is 0.272 e. The fraction of sp³-hybridized carbons (Fsp3) is 0.417. The Morgan fingerprint density at radius 3 is 3.00 bits per heavy atom. The van der Waals surface area contributed by atoms with Crippen LogP contribution in [0.5, 0.6) is 5.75 Å². The van der Waals surface area contributed by atoms with E-state index in [-0.39, 0.29) is 12.0 Å². The van der Waals surface area contributed by atoms with Crippen LogP contribution < -0.4 is 10.1 Å². The van der Waals surface area contributed by atoms with E-state index in [1.54, 1.807) is 24.3 Å². The molecule has 1 N–H and O–H groups in total. The summed E-state index contributed by atoms with van der Waals surface area (Å²) in [4.78, 5) is 11.3. The Labute approximate surface area is 103 Å². The van der Waals surface area contributed by atoms with Crippen LogP contribution in [-0.4, -0.2) is 31.7 Å². The van der Waals surface area contributed by atoms with Crippen molar-refractivity contribution in [1.82, 2.24) is 5.32 Å². The van der Waals surface area contributed by atoms with Crippen molar-refractivity contribution in [3.63, 3.8) is 0 Å². The molecule has 1 aromatic rings. The largest absolute Gasteiger partial charge is 0.488 e. The molecule has 1 aromatic carbocycles. The second-order valence-corrected chi connectivity index (χ2v) is 3.89. The van der Waals surface area contributed by atoms with Gasteiger partial charge in [0.05, 0.1) is 6.61 Å². The van der Waals surface area contributed by atoms with Gasteiger partial charge in [0.2, 0.25) is 0 Å². The van der Waals surface area contributed by atoms with Gasteiger partial charge in [-0.15, -0.1) is 0 Å². The molecule has 1 heterocycles. The number of nitrogens with one attached hydrogen (secondary N) is 1. The molecule has 0 aromatic heterocycles. The maximum atomic E-state index is 12.0. The van der Waals surface area contributed by atoms with Crippen LogP contribution in [0.2, 0.25) is 0 Å². The molecule has 2 rings (SSSR count). The van der Waals surface area contributed by atoms with Crippen LogP contribution in [0.15, 0.2) is 24.3 Å². The number of rotatable bonds is 6. The van der Waals surface area contributed by atoms with Crippen molar-refractivity contribution < 1.29 is 23.0 Å². The minimum atomic E-state index is -2.50. The van der Waals surface area contributed by atoms with Gasteiger partial charge < -0.3 is 14.8 Å². The minimum absolute atomic E-state index is 0.158. The van der Waals surface area contributed by atoms with Gasteiger partial charge in [-0.1, -0.05) is 12.1 Å². The highest BCUT2D eigenvalue weighted by Gasteiger charge is 2.30. The molecule has 0 aliphatic carbocycles. The van der Waals surface area contributed by atoms with Crippen molar-refractivity contribution in [2.24, 2.45) is 0 Å². The minimum Gasteiger partial charge on any atom is -0.488 e. The molecule has 0 radical (unpaired) electrons. The van der Waals surface area contributed by atoms with Crippen molar-refractivity contribution in [1.29, 1.82) is 0 Å². The van der Waals surface area contributed by atoms with Crippen LogP contribution in [0.4, 0.5) is 8.78 Å². The summed E-state index contributed by atoms with van der Waals surface area (Å²) in [6, 6.07) is 6.69. The standard InChI is InChI=1S/C12H13F2NO3/c13-11(14)7-17-9-3-1-2-8(4-9)5-15-12(16)10-6-18-10/h1-4,10-11H,5-7H2,(H,15,16). The zero-order valence-electron chi connectivity index (χ0n) is 9.57. The fourth-order valence-electron chi connectivity index (χ4n) is 1.41. The molecule has 0 saturated carbocycles. The van der Waals surface area contributed by atoms with Crippen LogP contribution in [0.3, 0.4) is 0 Å². The Morgan fingerprint density at radius 2 is 2.33 bits per heavy atom. The zero-order chi connectivity index (χ0) is 13.0. The highest BCUT2D eigenvalue weighted by atomic mass is 19.3. The number of amides is 1. The quantitative estimate of drug-likeness (QED) is 0.782. The first-order valence-electron chi connectivity index (χ1n) is 5.54. The molecule has 1 amide bonds. The first kappa shape index (κ1) is 12.8. The summed E-state index contributed by atoms with van der Waals surface area (Å²) < 4.78 is 33.7. The molecule has 1 aliphatic rings. The summed E-state index contributed by atoms with van der Waals surface area (Å²) in [5.74, 6) is 0.207. The molecule has 18 heavy (non-hydrogen) atoms. The number of halogens is 2. The van der Waals surface area contributed by atoms with Crippen molar-refractivity contribution in [3.05, 3.63) is 29.8 Å². The van der Waals surface area contributed by atoms with E-state index in [4.69, 9.17) is 9.47 Å². The van der Waals surface area contributed by atoms with Gasteiger partial charge in [-0.05, 0) is 17.7 Å². The maximum absolute atomic E-state index is 12.0. The number of ether oxygens (including phenoxy) is 2. The first-order valence-corrected chi connectivity index (χ1v) is 5.54. The van der Waals surface area contributed by atoms with Gasteiger partial charge in [-0.2, -0.15) is 0 Å². The van der Waals surface area contributed by atoms with Gasteiger partial charge in [0.25, 0.3) is 12.3 Å². The highest BCUT2D eigenvalue weighted by Crippen LogP contribution is 2.14. The second-order valence-electron chi connectivity index (χ2n) is 3.89. The van der Waals surface area contributed by atoms with Gasteiger partial charge in [0.15, 0.2) is 6.10 Å². The van der Waals surface area contributed by atoms with E-state index in [2.05, 4.69) is 5.32 Å². The van der Waals surface area contributed by atoms with E-state index < -0.39 is 13.0 Å². The van der Waals surface area contributed by atoms with Crippen molar-refractivity contribution in [2.45, 2.75) is 19.1 Å². The van der Waals surface area contributed by atoms with Crippen molar-refractivity contribution >= 4 is 5.91 Å². The van der Waals surface area contributed by atoms with Gasteiger partial charge in [-0.3, -0.25) is 4.79 Å². The summed E-state index contributed by atoms with van der Waals surface area (Å²) in [6.45, 7) is 0.152. The van der Waals surface area contributed by atoms with Crippen LogP contribution in [0.1, 0.15) is 5.56 Å². The lowest BCUT2D eigenvalue weighted by atomic mass is 10.2. The SMILES string of the molecule is O=C(NCc1cccc(OCC(F)F)c1)C1CO1. The van der Waals surface area contributed by atoms with E-state index >= 15 is 0 Å². The van der Waals surface area contributed by atoms with Gasteiger partial charge in [0, 0.05) is 6.54 Å². The Kier molecular flexibility index (Phi) is 4.09. The molecule has 1 unspecified atom stereocenters. The monoisotopic (exact) mass is 257 g/mol. The molecular formula is C12H13F2NO3. The van der Waals surface area contributed by atoms with Gasteiger partial charge >= 0.3 is 0 Å². The number of alkyl halides is 2. The average molecular weight is 257 g/mol. The zero-order valence-corrected chi connectivity index (χ0v) is 9.57. The van der Waals surface area contributed by atoms with Crippen LogP contribution >= 0.6 is 0 Å². The molecule has 1 aliphatic heterocycles. The van der Waals surface area contributed by atoms with Gasteiger partial charge in [-0.25, -0.2) is 8.78 Å². The third kappa shape index (κ3) is 3.96. The third-order valence-electron chi connectivity index (χ3n) is 2.37. The fourth-order valence-corrected chi connectivity index (χ4v) is 1.41. The highest BCUT2D eigenvalue weighted by molar-refractivity contribution is 5.82. The Hall–Kier alpha value is -1.69. The number of carbonyl (C=O) groups excluding carboxylic acids is 1. The Morgan fingerprint density at radius 1 is 1.56 bits per heavy atom. The summed E-state index contributed by atoms with van der Waals surface area (Å²) in [5, 5.41) is 2.69. The predicted octanol–water partition coefficient (Wildman–Crippen LogP) is 1.35. The molecule has 1 saturated heterocycles. The van der Waals surface area contributed by atoms with Crippen LogP contribution in [0, 0.1) is 0 Å². The summed E-state index contributed by atoms with van der Waals surface area (Å²) in [6.07, 6.45) is -2.83. The molecule has 6 heteroatoms. The number of carbonyl (C=O) groups is 1. The molecule has 1 atom stereocenters. The first-order chi connectivity index (χ1) is 8.65. The molecule has 98 valence electrons. The summed E-state index contributed by atoms with van der Waals surface area (Å²) >= 11 is 0. The summed E-state index contributed by atoms with van der Waals surface area (Å²) in [5.41, 5.74) is 0.788. The Balaban J connectivity index is 1.84. The normalized spacial score (nSPS) is 17.6. The molecular weight excluding hydrogens is 244 g/mol. The number of benzene rings is 1. The van der Waals surface area contributed by atoms with E-state index in [1.807, 2.05) is 0 Å². The van der Waals surface area contributed by atoms with Crippen LogP contribution in [0.25, 0.3) is 0 Å².